The first-order valence-electron chi connectivity index (χ1n) is 7.08. The third-order valence-electron chi connectivity index (χ3n) is 3.58. The van der Waals surface area contributed by atoms with Crippen molar-refractivity contribution in [2.75, 3.05) is 11.0 Å². The first-order valence-corrected chi connectivity index (χ1v) is 8.97. The van der Waals surface area contributed by atoms with Crippen molar-refractivity contribution in [3.05, 3.63) is 58.9 Å². The highest BCUT2D eigenvalue weighted by atomic mass is 32.2. The van der Waals surface area contributed by atoms with Gasteiger partial charge >= 0.3 is 0 Å². The lowest BCUT2D eigenvalue weighted by molar-refractivity contribution is 0.104. The summed E-state index contributed by atoms with van der Waals surface area (Å²) in [6, 6.07) is 9.98. The van der Waals surface area contributed by atoms with Crippen LogP contribution in [0.3, 0.4) is 0 Å². The topological polar surface area (TPSA) is 92.0 Å². The molecule has 6 nitrogen and oxygen atoms in total. The van der Waals surface area contributed by atoms with Crippen LogP contribution in [0.1, 0.15) is 27.3 Å². The van der Waals surface area contributed by atoms with E-state index in [1.165, 1.54) is 18.2 Å². The van der Waals surface area contributed by atoms with Gasteiger partial charge in [0, 0.05) is 24.0 Å². The molecule has 124 valence electrons. The van der Waals surface area contributed by atoms with Gasteiger partial charge in [0.2, 0.25) is 10.0 Å². The van der Waals surface area contributed by atoms with E-state index in [0.29, 0.717) is 16.9 Å². The van der Waals surface area contributed by atoms with Crippen molar-refractivity contribution in [3.63, 3.8) is 0 Å². The van der Waals surface area contributed by atoms with Crippen molar-refractivity contribution in [2.24, 2.45) is 7.05 Å². The molecular weight excluding hydrogens is 326 g/mol. The average molecular weight is 343 g/mol. The first kappa shape index (κ1) is 17.5. The highest BCUT2D eigenvalue weighted by Gasteiger charge is 2.08. The van der Waals surface area contributed by atoms with E-state index >= 15 is 0 Å². The fourth-order valence-electron chi connectivity index (χ4n) is 2.18. The number of allylic oxidation sites excluding steroid dienone is 1. The van der Waals surface area contributed by atoms with Gasteiger partial charge in [0.05, 0.1) is 6.26 Å². The van der Waals surface area contributed by atoms with Crippen LogP contribution in [0.4, 0.5) is 5.69 Å². The molecular formula is C17H17N3O3S. The number of anilines is 1. The number of carbonyl (C=O) groups is 1. The molecule has 0 aliphatic carbocycles. The van der Waals surface area contributed by atoms with E-state index in [1.54, 1.807) is 35.9 Å². The summed E-state index contributed by atoms with van der Waals surface area (Å²) in [6.45, 7) is 1.87. The SMILES string of the molecule is Cc1c(C=CC(=O)c2ccc(NS(C)(=O)=O)cc2)cc(C#N)n1C. The van der Waals surface area contributed by atoms with Gasteiger partial charge in [0.25, 0.3) is 0 Å². The van der Waals surface area contributed by atoms with Crippen LogP contribution >= 0.6 is 0 Å². The third-order valence-corrected chi connectivity index (χ3v) is 4.18. The molecule has 0 atom stereocenters. The van der Waals surface area contributed by atoms with Crippen LogP contribution in [0.25, 0.3) is 6.08 Å². The van der Waals surface area contributed by atoms with E-state index in [-0.39, 0.29) is 5.78 Å². The maximum atomic E-state index is 12.2. The molecule has 0 radical (unpaired) electrons. The Kier molecular flexibility index (Phi) is 4.90. The van der Waals surface area contributed by atoms with Gasteiger partial charge in [-0.25, -0.2) is 8.42 Å². The number of nitrogens with zero attached hydrogens (tertiary/aromatic N) is 2. The van der Waals surface area contributed by atoms with Crippen molar-refractivity contribution >= 4 is 27.6 Å². The maximum Gasteiger partial charge on any atom is 0.229 e. The van der Waals surface area contributed by atoms with Gasteiger partial charge in [-0.15, -0.1) is 0 Å². The molecule has 0 bridgehead atoms. The lowest BCUT2D eigenvalue weighted by Gasteiger charge is -2.04. The number of nitriles is 1. The number of nitrogens with one attached hydrogen (secondary N) is 1. The molecule has 24 heavy (non-hydrogen) atoms. The molecule has 0 amide bonds. The van der Waals surface area contributed by atoms with E-state index in [2.05, 4.69) is 10.8 Å². The molecule has 2 aromatic rings. The second kappa shape index (κ2) is 6.72. The number of aromatic nitrogens is 1. The van der Waals surface area contributed by atoms with E-state index in [9.17, 15) is 13.2 Å². The monoisotopic (exact) mass is 343 g/mol. The molecule has 7 heteroatoms. The molecule has 0 fully saturated rings. The summed E-state index contributed by atoms with van der Waals surface area (Å²) in [4.78, 5) is 12.2. The van der Waals surface area contributed by atoms with E-state index in [4.69, 9.17) is 5.26 Å². The van der Waals surface area contributed by atoms with E-state index in [0.717, 1.165) is 17.5 Å². The number of sulfonamides is 1. The standard InChI is InChI=1S/C17H17N3O3S/c1-12-14(10-16(11-18)20(12)2)6-9-17(21)13-4-7-15(8-5-13)19-24(3,22)23/h4-10,19H,1-3H3. The molecule has 1 aromatic heterocycles. The summed E-state index contributed by atoms with van der Waals surface area (Å²) in [5.74, 6) is -0.206. The molecule has 0 saturated carbocycles. The Hall–Kier alpha value is -2.85. The Morgan fingerprint density at radius 2 is 1.92 bits per heavy atom. The minimum absolute atomic E-state index is 0.206. The summed E-state index contributed by atoms with van der Waals surface area (Å²) in [7, 11) is -1.55. The highest BCUT2D eigenvalue weighted by molar-refractivity contribution is 7.92. The molecule has 1 N–H and O–H groups in total. The number of carbonyl (C=O) groups excluding carboxylic acids is 1. The molecule has 0 aliphatic heterocycles. The summed E-state index contributed by atoms with van der Waals surface area (Å²) < 4.78 is 26.4. The summed E-state index contributed by atoms with van der Waals surface area (Å²) in [5, 5.41) is 9.01. The van der Waals surface area contributed by atoms with Crippen LogP contribution in [-0.2, 0) is 17.1 Å². The van der Waals surface area contributed by atoms with Crippen LogP contribution in [-0.4, -0.2) is 25.0 Å². The van der Waals surface area contributed by atoms with Gasteiger partial charge in [-0.1, -0.05) is 0 Å². The van der Waals surface area contributed by atoms with Crippen LogP contribution in [0, 0.1) is 18.3 Å². The number of hydrogen-bond acceptors (Lipinski definition) is 4. The van der Waals surface area contributed by atoms with Crippen LogP contribution in [0.15, 0.2) is 36.4 Å². The summed E-state index contributed by atoms with van der Waals surface area (Å²) in [6.07, 6.45) is 4.16. The largest absolute Gasteiger partial charge is 0.339 e. The second-order valence-electron chi connectivity index (χ2n) is 5.39. The molecule has 0 unspecified atom stereocenters. The van der Waals surface area contributed by atoms with E-state index < -0.39 is 10.0 Å². The van der Waals surface area contributed by atoms with Crippen molar-refractivity contribution in [3.8, 4) is 6.07 Å². The normalized spacial score (nSPS) is 11.4. The zero-order valence-corrected chi connectivity index (χ0v) is 14.4. The predicted octanol–water partition coefficient (Wildman–Crippen LogP) is 2.47. The Balaban J connectivity index is 2.17. The third kappa shape index (κ3) is 4.12. The Labute approximate surface area is 141 Å². The number of ketones is 1. The molecule has 1 heterocycles. The van der Waals surface area contributed by atoms with Gasteiger partial charge < -0.3 is 4.57 Å². The van der Waals surface area contributed by atoms with Crippen LogP contribution in [0.5, 0.6) is 0 Å². The fourth-order valence-corrected chi connectivity index (χ4v) is 2.74. The van der Waals surface area contributed by atoms with Crippen molar-refractivity contribution < 1.29 is 13.2 Å². The van der Waals surface area contributed by atoms with Crippen molar-refractivity contribution in [1.29, 1.82) is 5.26 Å². The van der Waals surface area contributed by atoms with Gasteiger partial charge in [0.15, 0.2) is 5.78 Å². The van der Waals surface area contributed by atoms with Gasteiger partial charge in [0.1, 0.15) is 11.8 Å². The van der Waals surface area contributed by atoms with Crippen LogP contribution < -0.4 is 4.72 Å². The highest BCUT2D eigenvalue weighted by Crippen LogP contribution is 2.16. The Morgan fingerprint density at radius 3 is 2.42 bits per heavy atom. The quantitative estimate of drug-likeness (QED) is 0.667. The lowest BCUT2D eigenvalue weighted by Crippen LogP contribution is -2.09. The van der Waals surface area contributed by atoms with Gasteiger partial charge in [-0.3, -0.25) is 9.52 Å². The minimum Gasteiger partial charge on any atom is -0.339 e. The summed E-state index contributed by atoms with van der Waals surface area (Å²) >= 11 is 0. The van der Waals surface area contributed by atoms with Crippen molar-refractivity contribution in [2.45, 2.75) is 6.92 Å². The number of benzene rings is 1. The molecule has 1 aromatic carbocycles. The zero-order valence-electron chi connectivity index (χ0n) is 13.6. The Morgan fingerprint density at radius 1 is 1.29 bits per heavy atom. The fraction of sp³-hybridized carbons (Fsp3) is 0.176. The van der Waals surface area contributed by atoms with Gasteiger partial charge in [-0.05, 0) is 55.0 Å². The minimum atomic E-state index is -3.34. The zero-order chi connectivity index (χ0) is 17.9. The van der Waals surface area contributed by atoms with Crippen LogP contribution in [0.2, 0.25) is 0 Å². The molecule has 0 saturated heterocycles. The number of hydrogen-bond donors (Lipinski definition) is 1. The Bertz CT molecular complexity index is 946. The molecule has 0 spiro atoms. The number of rotatable bonds is 5. The molecule has 0 aliphatic rings. The van der Waals surface area contributed by atoms with E-state index in [1.807, 2.05) is 6.92 Å². The lowest BCUT2D eigenvalue weighted by atomic mass is 10.1. The predicted molar refractivity (Wildman–Crippen MR) is 93.1 cm³/mol. The maximum absolute atomic E-state index is 12.2. The van der Waals surface area contributed by atoms with Crippen molar-refractivity contribution in [1.82, 2.24) is 4.57 Å². The second-order valence-corrected chi connectivity index (χ2v) is 7.14. The first-order chi connectivity index (χ1) is 11.2. The average Bonchev–Trinajstić information content (AvgIpc) is 2.79. The van der Waals surface area contributed by atoms with Gasteiger partial charge in [-0.2, -0.15) is 5.26 Å². The summed E-state index contributed by atoms with van der Waals surface area (Å²) in [5.41, 5.74) is 3.06. The molecule has 2 rings (SSSR count). The smallest absolute Gasteiger partial charge is 0.229 e.